The van der Waals surface area contributed by atoms with E-state index < -0.39 is 12.6 Å². The normalized spacial score (nSPS) is 11.5. The minimum atomic E-state index is -4.22. The van der Waals surface area contributed by atoms with Gasteiger partial charge in [-0.1, -0.05) is 15.9 Å². The van der Waals surface area contributed by atoms with E-state index in [-0.39, 0.29) is 18.6 Å². The topological polar surface area (TPSA) is 43.1 Å². The quantitative estimate of drug-likeness (QED) is 0.676. The van der Waals surface area contributed by atoms with Crippen molar-refractivity contribution in [2.75, 3.05) is 5.73 Å². The number of carbonyl (C=O) groups is 1. The van der Waals surface area contributed by atoms with Crippen molar-refractivity contribution in [2.45, 2.75) is 25.4 Å². The van der Waals surface area contributed by atoms with Crippen LogP contribution < -0.4 is 5.73 Å². The number of anilines is 1. The molecular weight excluding hydrogens is 299 g/mol. The van der Waals surface area contributed by atoms with Gasteiger partial charge >= 0.3 is 6.18 Å². The highest BCUT2D eigenvalue weighted by Crippen LogP contribution is 2.25. The van der Waals surface area contributed by atoms with E-state index in [0.29, 0.717) is 15.7 Å². The highest BCUT2D eigenvalue weighted by Gasteiger charge is 2.26. The van der Waals surface area contributed by atoms with Crippen molar-refractivity contribution in [3.05, 3.63) is 28.2 Å². The third-order valence-electron chi connectivity index (χ3n) is 2.15. The summed E-state index contributed by atoms with van der Waals surface area (Å²) in [6.45, 7) is 0. The standard InChI is InChI=1S/C11H11BrF3NO/c12-9-4-3-7(16)6-8(9)10(17)2-1-5-11(13,14)15/h3-4,6H,1-2,5,16H2. The number of ketones is 1. The van der Waals surface area contributed by atoms with Crippen LogP contribution in [0.5, 0.6) is 0 Å². The van der Waals surface area contributed by atoms with Gasteiger partial charge < -0.3 is 5.73 Å². The summed E-state index contributed by atoms with van der Waals surface area (Å²) < 4.78 is 36.3. The van der Waals surface area contributed by atoms with Gasteiger partial charge in [0, 0.05) is 28.6 Å². The molecule has 0 aliphatic heterocycles. The Hall–Kier alpha value is -1.04. The first-order chi connectivity index (χ1) is 7.79. The first kappa shape index (κ1) is 14.0. The number of hydrogen-bond donors (Lipinski definition) is 1. The van der Waals surface area contributed by atoms with E-state index in [2.05, 4.69) is 15.9 Å². The van der Waals surface area contributed by atoms with Crippen LogP contribution in [0.25, 0.3) is 0 Å². The Balaban J connectivity index is 2.61. The first-order valence-corrected chi connectivity index (χ1v) is 5.74. The lowest BCUT2D eigenvalue weighted by molar-refractivity contribution is -0.135. The van der Waals surface area contributed by atoms with Gasteiger partial charge in [-0.3, -0.25) is 4.79 Å². The fraction of sp³-hybridized carbons (Fsp3) is 0.364. The molecule has 0 fully saturated rings. The van der Waals surface area contributed by atoms with Gasteiger partial charge in [0.15, 0.2) is 5.78 Å². The molecule has 1 rings (SSSR count). The van der Waals surface area contributed by atoms with Crippen LogP contribution in [0.4, 0.5) is 18.9 Å². The number of hydrogen-bond acceptors (Lipinski definition) is 2. The molecule has 1 aromatic carbocycles. The molecular formula is C11H11BrF3NO. The second-order valence-corrected chi connectivity index (χ2v) is 4.49. The summed E-state index contributed by atoms with van der Waals surface area (Å²) in [5, 5.41) is 0. The summed E-state index contributed by atoms with van der Waals surface area (Å²) in [5.41, 5.74) is 6.25. The van der Waals surface area contributed by atoms with Crippen molar-refractivity contribution in [3.8, 4) is 0 Å². The van der Waals surface area contributed by atoms with E-state index in [0.717, 1.165) is 0 Å². The lowest BCUT2D eigenvalue weighted by atomic mass is 10.0. The molecule has 0 bridgehead atoms. The summed E-state index contributed by atoms with van der Waals surface area (Å²) in [6.07, 6.45) is -5.50. The Kier molecular flexibility index (Phi) is 4.56. The molecule has 6 heteroatoms. The van der Waals surface area contributed by atoms with E-state index in [1.54, 1.807) is 12.1 Å². The lowest BCUT2D eigenvalue weighted by Gasteiger charge is -2.07. The zero-order chi connectivity index (χ0) is 13.1. The Morgan fingerprint density at radius 2 is 2.00 bits per heavy atom. The maximum atomic E-state index is 11.9. The molecule has 0 saturated heterocycles. The van der Waals surface area contributed by atoms with Gasteiger partial charge in [-0.25, -0.2) is 0 Å². The molecule has 0 aliphatic carbocycles. The molecule has 0 heterocycles. The van der Waals surface area contributed by atoms with E-state index >= 15 is 0 Å². The molecule has 0 atom stereocenters. The van der Waals surface area contributed by atoms with E-state index in [1.807, 2.05) is 0 Å². The Morgan fingerprint density at radius 1 is 1.35 bits per heavy atom. The van der Waals surface area contributed by atoms with Gasteiger partial charge in [0.25, 0.3) is 0 Å². The molecule has 1 aromatic rings. The van der Waals surface area contributed by atoms with Crippen molar-refractivity contribution >= 4 is 27.4 Å². The summed E-state index contributed by atoms with van der Waals surface area (Å²) >= 11 is 3.16. The largest absolute Gasteiger partial charge is 0.399 e. The van der Waals surface area contributed by atoms with Crippen LogP contribution in [0.3, 0.4) is 0 Å². The summed E-state index contributed by atoms with van der Waals surface area (Å²) in [6, 6.07) is 4.67. The average molecular weight is 310 g/mol. The number of nitrogen functional groups attached to an aromatic ring is 1. The molecule has 0 radical (unpaired) electrons. The van der Waals surface area contributed by atoms with Gasteiger partial charge in [-0.15, -0.1) is 0 Å². The predicted molar refractivity (Wildman–Crippen MR) is 62.8 cm³/mol. The monoisotopic (exact) mass is 309 g/mol. The molecule has 94 valence electrons. The fourth-order valence-electron chi connectivity index (χ4n) is 1.34. The molecule has 2 nitrogen and oxygen atoms in total. The van der Waals surface area contributed by atoms with Crippen LogP contribution >= 0.6 is 15.9 Å². The molecule has 0 aromatic heterocycles. The van der Waals surface area contributed by atoms with Crippen LogP contribution in [0.1, 0.15) is 29.6 Å². The van der Waals surface area contributed by atoms with Gasteiger partial charge in [0.1, 0.15) is 0 Å². The van der Waals surface area contributed by atoms with Crippen LogP contribution in [-0.4, -0.2) is 12.0 Å². The number of carbonyl (C=O) groups excluding carboxylic acids is 1. The fourth-order valence-corrected chi connectivity index (χ4v) is 1.81. The van der Waals surface area contributed by atoms with Gasteiger partial charge in [-0.2, -0.15) is 13.2 Å². The maximum absolute atomic E-state index is 11.9. The van der Waals surface area contributed by atoms with Gasteiger partial charge in [0.2, 0.25) is 0 Å². The van der Waals surface area contributed by atoms with Crippen LogP contribution in [0.2, 0.25) is 0 Å². The smallest absolute Gasteiger partial charge is 0.389 e. The SMILES string of the molecule is Nc1ccc(Br)c(C(=O)CCCC(F)(F)F)c1. The van der Waals surface area contributed by atoms with E-state index in [9.17, 15) is 18.0 Å². The third kappa shape index (κ3) is 4.77. The van der Waals surface area contributed by atoms with Gasteiger partial charge in [0.05, 0.1) is 0 Å². The molecule has 17 heavy (non-hydrogen) atoms. The number of benzene rings is 1. The highest BCUT2D eigenvalue weighted by atomic mass is 79.9. The number of Topliss-reactive ketones (excluding diaryl/α,β-unsaturated/α-hetero) is 1. The summed E-state index contributed by atoms with van der Waals surface area (Å²) in [4.78, 5) is 11.7. The highest BCUT2D eigenvalue weighted by molar-refractivity contribution is 9.10. The Bertz CT molecular complexity index is 418. The van der Waals surface area contributed by atoms with Crippen LogP contribution in [0.15, 0.2) is 22.7 Å². The Morgan fingerprint density at radius 3 is 2.59 bits per heavy atom. The maximum Gasteiger partial charge on any atom is 0.389 e. The number of halogens is 4. The summed E-state index contributed by atoms with van der Waals surface area (Å²) in [7, 11) is 0. The van der Waals surface area contributed by atoms with Crippen molar-refractivity contribution in [2.24, 2.45) is 0 Å². The number of rotatable bonds is 4. The first-order valence-electron chi connectivity index (χ1n) is 4.94. The second kappa shape index (κ2) is 5.53. The van der Waals surface area contributed by atoms with Crippen molar-refractivity contribution in [1.82, 2.24) is 0 Å². The van der Waals surface area contributed by atoms with E-state index in [1.165, 1.54) is 6.07 Å². The molecule has 2 N–H and O–H groups in total. The lowest BCUT2D eigenvalue weighted by Crippen LogP contribution is -2.09. The number of nitrogens with two attached hydrogens (primary N) is 1. The van der Waals surface area contributed by atoms with Crippen molar-refractivity contribution in [1.29, 1.82) is 0 Å². The van der Waals surface area contributed by atoms with Crippen LogP contribution in [-0.2, 0) is 0 Å². The zero-order valence-corrected chi connectivity index (χ0v) is 10.4. The van der Waals surface area contributed by atoms with Crippen molar-refractivity contribution in [3.63, 3.8) is 0 Å². The molecule has 0 unspecified atom stereocenters. The molecule has 0 amide bonds. The van der Waals surface area contributed by atoms with Gasteiger partial charge in [-0.05, 0) is 24.6 Å². The molecule has 0 aliphatic rings. The minimum absolute atomic E-state index is 0.137. The minimum Gasteiger partial charge on any atom is -0.399 e. The number of alkyl halides is 3. The van der Waals surface area contributed by atoms with Crippen LogP contribution in [0, 0.1) is 0 Å². The Labute approximate surface area is 105 Å². The predicted octanol–water partition coefficient (Wildman–Crippen LogP) is 3.95. The average Bonchev–Trinajstić information content (AvgIpc) is 2.19. The molecule has 0 saturated carbocycles. The zero-order valence-electron chi connectivity index (χ0n) is 8.85. The van der Waals surface area contributed by atoms with Crippen molar-refractivity contribution < 1.29 is 18.0 Å². The third-order valence-corrected chi connectivity index (χ3v) is 2.85. The van der Waals surface area contributed by atoms with E-state index in [4.69, 9.17) is 5.73 Å². The molecule has 0 spiro atoms. The second-order valence-electron chi connectivity index (χ2n) is 3.63. The summed E-state index contributed by atoms with van der Waals surface area (Å²) in [5.74, 6) is -0.339.